The van der Waals surface area contributed by atoms with Crippen LogP contribution >= 0.6 is 0 Å². The van der Waals surface area contributed by atoms with E-state index >= 15 is 0 Å². The Balaban J connectivity index is 1.42. The molecule has 1 fully saturated rings. The molecule has 0 unspecified atom stereocenters. The highest BCUT2D eigenvalue weighted by atomic mass is 16.5. The fourth-order valence-corrected chi connectivity index (χ4v) is 6.45. The lowest BCUT2D eigenvalue weighted by molar-refractivity contribution is -0.142. The molecule has 0 spiro atoms. The van der Waals surface area contributed by atoms with E-state index in [4.69, 9.17) is 9.47 Å². The molecule has 3 aliphatic rings. The van der Waals surface area contributed by atoms with Crippen molar-refractivity contribution in [1.82, 2.24) is 0 Å². The van der Waals surface area contributed by atoms with Gasteiger partial charge in [-0.2, -0.15) is 0 Å². The molecule has 1 aliphatic carbocycles. The second kappa shape index (κ2) is 8.95. The molecule has 0 N–H and O–H groups in total. The standard InChI is InChI=1S/C33H25NO5/c1-2-38-22-15-13-21(14-16-22)34-31(35)28-24(19-8-4-3-5-9-19)18-25-27-23-11-7-6-10-20(23)12-17-26(27)39-33(37)29(25)30(28)32(34)36/h3-18,24,28-30H,2H2,1H3/t24-,28+,29-,30+/m1/s1. The summed E-state index contributed by atoms with van der Waals surface area (Å²) in [5, 5.41) is 1.96. The minimum absolute atomic E-state index is 0.310. The minimum Gasteiger partial charge on any atom is -0.494 e. The highest BCUT2D eigenvalue weighted by molar-refractivity contribution is 6.25. The molecule has 4 aromatic carbocycles. The van der Waals surface area contributed by atoms with Crippen molar-refractivity contribution in [2.45, 2.75) is 12.8 Å². The molecule has 7 rings (SSSR count). The van der Waals surface area contributed by atoms with Gasteiger partial charge in [0.05, 0.1) is 30.0 Å². The van der Waals surface area contributed by atoms with Crippen LogP contribution in [0.1, 0.15) is 24.0 Å². The van der Waals surface area contributed by atoms with Gasteiger partial charge in [-0.05, 0) is 59.2 Å². The smallest absolute Gasteiger partial charge is 0.319 e. The Hall–Kier alpha value is -4.71. The molecular formula is C33H25NO5. The van der Waals surface area contributed by atoms with Crippen LogP contribution in [0.3, 0.4) is 0 Å². The second-order valence-corrected chi connectivity index (χ2v) is 10.1. The Labute approximate surface area is 225 Å². The van der Waals surface area contributed by atoms with E-state index in [1.54, 1.807) is 24.3 Å². The van der Waals surface area contributed by atoms with Crippen LogP contribution in [0.2, 0.25) is 0 Å². The van der Waals surface area contributed by atoms with E-state index in [1.807, 2.05) is 79.7 Å². The van der Waals surface area contributed by atoms with Gasteiger partial charge in [0.1, 0.15) is 11.5 Å². The number of imide groups is 1. The molecule has 4 atom stereocenters. The molecule has 192 valence electrons. The SMILES string of the molecule is CCOc1ccc(N2C(=O)[C@@H]3[C@@H]4C(=O)Oc5ccc6ccccc6c5C4=C[C@H](c4ccccc4)[C@@H]3C2=O)cc1. The number of nitrogens with zero attached hydrogens (tertiary/aromatic N) is 1. The molecule has 4 aromatic rings. The summed E-state index contributed by atoms with van der Waals surface area (Å²) in [6.07, 6.45) is 2.03. The van der Waals surface area contributed by atoms with Crippen LogP contribution < -0.4 is 14.4 Å². The molecule has 0 bridgehead atoms. The summed E-state index contributed by atoms with van der Waals surface area (Å²) in [7, 11) is 0. The van der Waals surface area contributed by atoms with E-state index in [1.165, 1.54) is 4.90 Å². The maximum absolute atomic E-state index is 14.2. The number of rotatable bonds is 4. The predicted molar refractivity (Wildman–Crippen MR) is 147 cm³/mol. The van der Waals surface area contributed by atoms with E-state index in [-0.39, 0.29) is 17.7 Å². The molecule has 0 saturated carbocycles. The van der Waals surface area contributed by atoms with Crippen LogP contribution in [0.15, 0.2) is 97.1 Å². The lowest BCUT2D eigenvalue weighted by Crippen LogP contribution is -2.42. The van der Waals surface area contributed by atoms with Crippen molar-refractivity contribution < 1.29 is 23.9 Å². The largest absolute Gasteiger partial charge is 0.494 e. The Morgan fingerprint density at radius 2 is 1.51 bits per heavy atom. The van der Waals surface area contributed by atoms with E-state index in [0.717, 1.165) is 27.5 Å². The quantitative estimate of drug-likeness (QED) is 0.196. The van der Waals surface area contributed by atoms with Gasteiger partial charge >= 0.3 is 5.97 Å². The molecular weight excluding hydrogens is 490 g/mol. The first-order valence-corrected chi connectivity index (χ1v) is 13.2. The van der Waals surface area contributed by atoms with Gasteiger partial charge in [0.25, 0.3) is 0 Å². The summed E-state index contributed by atoms with van der Waals surface area (Å²) >= 11 is 0. The van der Waals surface area contributed by atoms with Crippen LogP contribution in [0.25, 0.3) is 16.3 Å². The van der Waals surface area contributed by atoms with Crippen molar-refractivity contribution in [3.63, 3.8) is 0 Å². The summed E-state index contributed by atoms with van der Waals surface area (Å²) in [5.41, 5.74) is 2.96. The molecule has 2 amide bonds. The molecule has 6 heteroatoms. The number of hydrogen-bond donors (Lipinski definition) is 0. The number of benzene rings is 4. The van der Waals surface area contributed by atoms with Gasteiger partial charge in [0.15, 0.2) is 0 Å². The van der Waals surface area contributed by atoms with Crippen LogP contribution in [0.5, 0.6) is 11.5 Å². The Kier molecular flexibility index (Phi) is 5.37. The Morgan fingerprint density at radius 3 is 2.28 bits per heavy atom. The van der Waals surface area contributed by atoms with Gasteiger partial charge < -0.3 is 9.47 Å². The average molecular weight is 516 g/mol. The first kappa shape index (κ1) is 23.4. The summed E-state index contributed by atoms with van der Waals surface area (Å²) in [6, 6.07) is 28.3. The molecule has 0 aromatic heterocycles. The lowest BCUT2D eigenvalue weighted by Gasteiger charge is -2.38. The number of amides is 2. The number of esters is 1. The minimum atomic E-state index is -0.881. The first-order chi connectivity index (χ1) is 19.1. The Bertz CT molecular complexity index is 1670. The molecule has 2 heterocycles. The van der Waals surface area contributed by atoms with Crippen molar-refractivity contribution in [2.75, 3.05) is 11.5 Å². The highest BCUT2D eigenvalue weighted by Gasteiger charge is 2.60. The third kappa shape index (κ3) is 3.52. The van der Waals surface area contributed by atoms with Crippen LogP contribution in [-0.4, -0.2) is 24.4 Å². The normalized spacial score (nSPS) is 23.6. The summed E-state index contributed by atoms with van der Waals surface area (Å²) in [4.78, 5) is 43.0. The van der Waals surface area contributed by atoms with Crippen molar-refractivity contribution >= 4 is 39.8 Å². The number of fused-ring (bicyclic) bond motifs is 7. The number of hydrogen-bond acceptors (Lipinski definition) is 5. The van der Waals surface area contributed by atoms with E-state index in [2.05, 4.69) is 0 Å². The van der Waals surface area contributed by atoms with Gasteiger partial charge in [-0.1, -0.05) is 66.7 Å². The van der Waals surface area contributed by atoms with E-state index < -0.39 is 23.7 Å². The summed E-state index contributed by atoms with van der Waals surface area (Å²) in [6.45, 7) is 2.41. The number of ether oxygens (including phenoxy) is 2. The summed E-state index contributed by atoms with van der Waals surface area (Å²) < 4.78 is 11.4. The number of carbonyl (C=O) groups excluding carboxylic acids is 3. The lowest BCUT2D eigenvalue weighted by atomic mass is 9.64. The zero-order valence-electron chi connectivity index (χ0n) is 21.2. The third-order valence-electron chi connectivity index (χ3n) is 8.07. The molecule has 39 heavy (non-hydrogen) atoms. The van der Waals surface area contributed by atoms with Gasteiger partial charge in [-0.3, -0.25) is 14.4 Å². The van der Waals surface area contributed by atoms with Crippen molar-refractivity contribution in [2.24, 2.45) is 17.8 Å². The monoisotopic (exact) mass is 515 g/mol. The van der Waals surface area contributed by atoms with Gasteiger partial charge in [0, 0.05) is 11.5 Å². The Morgan fingerprint density at radius 1 is 0.795 bits per heavy atom. The van der Waals surface area contributed by atoms with Crippen molar-refractivity contribution in [3.05, 3.63) is 108 Å². The summed E-state index contributed by atoms with van der Waals surface area (Å²) in [5.74, 6) is -2.93. The number of allylic oxidation sites excluding steroid dienone is 1. The maximum atomic E-state index is 14.2. The van der Waals surface area contributed by atoms with Crippen LogP contribution in [-0.2, 0) is 14.4 Å². The van der Waals surface area contributed by atoms with Crippen LogP contribution in [0.4, 0.5) is 5.69 Å². The molecule has 2 aliphatic heterocycles. The zero-order chi connectivity index (χ0) is 26.7. The van der Waals surface area contributed by atoms with Crippen molar-refractivity contribution in [3.8, 4) is 11.5 Å². The number of carbonyl (C=O) groups is 3. The van der Waals surface area contributed by atoms with Crippen LogP contribution in [0, 0.1) is 17.8 Å². The topological polar surface area (TPSA) is 72.9 Å². The number of anilines is 1. The van der Waals surface area contributed by atoms with Gasteiger partial charge in [-0.15, -0.1) is 0 Å². The highest BCUT2D eigenvalue weighted by Crippen LogP contribution is 2.55. The predicted octanol–water partition coefficient (Wildman–Crippen LogP) is 5.76. The fraction of sp³-hybridized carbons (Fsp3) is 0.182. The maximum Gasteiger partial charge on any atom is 0.319 e. The third-order valence-corrected chi connectivity index (χ3v) is 8.07. The molecule has 0 radical (unpaired) electrons. The average Bonchev–Trinajstić information content (AvgIpc) is 3.23. The van der Waals surface area contributed by atoms with Gasteiger partial charge in [-0.25, -0.2) is 4.90 Å². The van der Waals surface area contributed by atoms with Crippen molar-refractivity contribution in [1.29, 1.82) is 0 Å². The first-order valence-electron chi connectivity index (χ1n) is 13.2. The van der Waals surface area contributed by atoms with E-state index in [0.29, 0.717) is 23.8 Å². The molecule has 1 saturated heterocycles. The second-order valence-electron chi connectivity index (χ2n) is 10.1. The fourth-order valence-electron chi connectivity index (χ4n) is 6.45. The molecule has 6 nitrogen and oxygen atoms in total. The van der Waals surface area contributed by atoms with E-state index in [9.17, 15) is 14.4 Å². The van der Waals surface area contributed by atoms with Gasteiger partial charge in [0.2, 0.25) is 11.8 Å². The zero-order valence-corrected chi connectivity index (χ0v) is 21.2.